The van der Waals surface area contributed by atoms with Gasteiger partial charge in [-0.2, -0.15) is 0 Å². The van der Waals surface area contributed by atoms with Gasteiger partial charge in [-0.1, -0.05) is 30.3 Å². The van der Waals surface area contributed by atoms with E-state index < -0.39 is 0 Å². The summed E-state index contributed by atoms with van der Waals surface area (Å²) in [5, 5.41) is 3.24. The quantitative estimate of drug-likeness (QED) is 0.728. The zero-order valence-electron chi connectivity index (χ0n) is 6.80. The van der Waals surface area contributed by atoms with Gasteiger partial charge >= 0.3 is 0 Å². The molecule has 0 aliphatic heterocycles. The number of anilines is 1. The van der Waals surface area contributed by atoms with Gasteiger partial charge in [0, 0.05) is 0 Å². The van der Waals surface area contributed by atoms with E-state index in [9.17, 15) is 0 Å². The molecule has 0 spiro atoms. The molecule has 1 aromatic rings. The van der Waals surface area contributed by atoms with Crippen molar-refractivity contribution in [2.45, 2.75) is 0 Å². The number of ether oxygens (including phenoxy) is 1. The van der Waals surface area contributed by atoms with Crippen molar-refractivity contribution in [3.63, 3.8) is 0 Å². The molecular weight excluding hydrogens is 174 g/mol. The summed E-state index contributed by atoms with van der Waals surface area (Å²) in [5.74, 6) is 0.749. The number of benzene rings is 1. The average molecular weight is 184 g/mol. The smallest absolute Gasteiger partial charge is 0.142 e. The van der Waals surface area contributed by atoms with Gasteiger partial charge in [0.2, 0.25) is 0 Å². The van der Waals surface area contributed by atoms with Crippen LogP contribution in [-0.4, -0.2) is 7.11 Å². The fourth-order valence-electron chi connectivity index (χ4n) is 0.894. The van der Waals surface area contributed by atoms with Crippen LogP contribution in [0.3, 0.4) is 0 Å². The third kappa shape index (κ3) is 2.17. The number of nitrogens with one attached hydrogen (secondary N) is 1. The first-order chi connectivity index (χ1) is 5.74. The fraction of sp³-hybridized carbons (Fsp3) is 0.111. The van der Waals surface area contributed by atoms with Crippen LogP contribution < -0.4 is 10.1 Å². The van der Waals surface area contributed by atoms with Gasteiger partial charge in [0.1, 0.15) is 5.75 Å². The zero-order chi connectivity index (χ0) is 8.97. The van der Waals surface area contributed by atoms with E-state index in [0.29, 0.717) is 5.16 Å². The molecule has 64 valence electrons. The Bertz CT molecular complexity index is 286. The van der Waals surface area contributed by atoms with Crippen LogP contribution >= 0.6 is 11.6 Å². The molecule has 1 N–H and O–H groups in total. The predicted molar refractivity (Wildman–Crippen MR) is 51.6 cm³/mol. The Morgan fingerprint density at radius 1 is 1.50 bits per heavy atom. The summed E-state index contributed by atoms with van der Waals surface area (Å²) in [7, 11) is 1.61. The highest BCUT2D eigenvalue weighted by Gasteiger charge is 1.99. The van der Waals surface area contributed by atoms with Crippen LogP contribution in [0.2, 0.25) is 0 Å². The topological polar surface area (TPSA) is 21.3 Å². The third-order valence-corrected chi connectivity index (χ3v) is 1.47. The van der Waals surface area contributed by atoms with Crippen molar-refractivity contribution in [2.75, 3.05) is 12.4 Å². The normalized spacial score (nSPS) is 9.17. The number of hydrogen-bond acceptors (Lipinski definition) is 2. The van der Waals surface area contributed by atoms with E-state index in [1.807, 2.05) is 24.3 Å². The third-order valence-electron chi connectivity index (χ3n) is 1.38. The summed E-state index contributed by atoms with van der Waals surface area (Å²) < 4.78 is 5.08. The van der Waals surface area contributed by atoms with Crippen LogP contribution in [0, 0.1) is 0 Å². The van der Waals surface area contributed by atoms with Gasteiger partial charge < -0.3 is 10.1 Å². The molecule has 2 nitrogen and oxygen atoms in total. The first-order valence-electron chi connectivity index (χ1n) is 3.48. The second kappa shape index (κ2) is 4.02. The predicted octanol–water partition coefficient (Wildman–Crippen LogP) is 2.82. The Morgan fingerprint density at radius 3 is 2.75 bits per heavy atom. The Labute approximate surface area is 76.8 Å². The molecule has 0 aliphatic carbocycles. The van der Waals surface area contributed by atoms with E-state index >= 15 is 0 Å². The summed E-state index contributed by atoms with van der Waals surface area (Å²) in [6, 6.07) is 7.50. The zero-order valence-corrected chi connectivity index (χ0v) is 7.56. The highest BCUT2D eigenvalue weighted by molar-refractivity contribution is 6.30. The number of methoxy groups -OCH3 is 1. The Kier molecular flexibility index (Phi) is 3.00. The monoisotopic (exact) mass is 183 g/mol. The molecule has 0 atom stereocenters. The molecule has 1 aromatic carbocycles. The van der Waals surface area contributed by atoms with Gasteiger partial charge in [-0.3, -0.25) is 0 Å². The molecule has 0 unspecified atom stereocenters. The van der Waals surface area contributed by atoms with E-state index in [2.05, 4.69) is 11.9 Å². The summed E-state index contributed by atoms with van der Waals surface area (Å²) in [4.78, 5) is 0. The van der Waals surface area contributed by atoms with Crippen LogP contribution in [0.4, 0.5) is 5.69 Å². The molecule has 0 aliphatic rings. The van der Waals surface area contributed by atoms with Crippen LogP contribution in [0.15, 0.2) is 36.0 Å². The van der Waals surface area contributed by atoms with Crippen molar-refractivity contribution in [3.05, 3.63) is 36.0 Å². The van der Waals surface area contributed by atoms with E-state index in [1.165, 1.54) is 0 Å². The second-order valence-electron chi connectivity index (χ2n) is 2.23. The summed E-state index contributed by atoms with van der Waals surface area (Å²) in [5.41, 5.74) is 0.819. The van der Waals surface area contributed by atoms with Gasteiger partial charge in [0.25, 0.3) is 0 Å². The summed E-state index contributed by atoms with van der Waals surface area (Å²) in [6.45, 7) is 3.52. The molecule has 0 saturated heterocycles. The molecule has 0 saturated carbocycles. The minimum absolute atomic E-state index is 0.375. The lowest BCUT2D eigenvalue weighted by atomic mass is 10.3. The Hall–Kier alpha value is -1.15. The lowest BCUT2D eigenvalue weighted by Gasteiger charge is -2.08. The van der Waals surface area contributed by atoms with Crippen molar-refractivity contribution >= 4 is 17.3 Å². The first-order valence-corrected chi connectivity index (χ1v) is 3.86. The van der Waals surface area contributed by atoms with Gasteiger partial charge in [-0.25, -0.2) is 0 Å². The molecule has 1 rings (SSSR count). The van der Waals surface area contributed by atoms with E-state index in [0.717, 1.165) is 11.4 Å². The molecule has 0 fully saturated rings. The molecular formula is C9H10ClNO. The van der Waals surface area contributed by atoms with Crippen molar-refractivity contribution in [1.29, 1.82) is 0 Å². The summed E-state index contributed by atoms with van der Waals surface area (Å²) in [6.07, 6.45) is 0. The maximum atomic E-state index is 5.58. The van der Waals surface area contributed by atoms with Gasteiger partial charge in [0.15, 0.2) is 0 Å². The Morgan fingerprint density at radius 2 is 2.17 bits per heavy atom. The molecule has 0 radical (unpaired) electrons. The molecule has 0 aromatic heterocycles. The molecule has 0 amide bonds. The highest BCUT2D eigenvalue weighted by Crippen LogP contribution is 2.24. The van der Waals surface area contributed by atoms with E-state index in [4.69, 9.17) is 16.3 Å². The molecule has 12 heavy (non-hydrogen) atoms. The van der Waals surface area contributed by atoms with Crippen molar-refractivity contribution in [2.24, 2.45) is 0 Å². The van der Waals surface area contributed by atoms with Crippen molar-refractivity contribution in [1.82, 2.24) is 0 Å². The average Bonchev–Trinajstić information content (AvgIpc) is 2.04. The lowest BCUT2D eigenvalue weighted by Crippen LogP contribution is -1.94. The highest BCUT2D eigenvalue weighted by atomic mass is 35.5. The Balaban J connectivity index is 2.89. The molecule has 0 bridgehead atoms. The van der Waals surface area contributed by atoms with Crippen molar-refractivity contribution < 1.29 is 4.74 Å². The van der Waals surface area contributed by atoms with E-state index in [-0.39, 0.29) is 0 Å². The van der Waals surface area contributed by atoms with Crippen LogP contribution in [-0.2, 0) is 0 Å². The number of halogens is 1. The van der Waals surface area contributed by atoms with Crippen LogP contribution in [0.1, 0.15) is 0 Å². The maximum absolute atomic E-state index is 5.58. The minimum atomic E-state index is 0.375. The lowest BCUT2D eigenvalue weighted by molar-refractivity contribution is 0.417. The van der Waals surface area contributed by atoms with Gasteiger partial charge in [0.05, 0.1) is 18.0 Å². The van der Waals surface area contributed by atoms with Gasteiger partial charge in [-0.15, -0.1) is 0 Å². The van der Waals surface area contributed by atoms with Crippen LogP contribution in [0.5, 0.6) is 5.75 Å². The largest absolute Gasteiger partial charge is 0.495 e. The molecule has 0 heterocycles. The standard InChI is InChI=1S/C9H10ClNO/c1-7(10)11-8-5-3-4-6-9(8)12-2/h3-6,11H,1H2,2H3. The number of hydrogen-bond donors (Lipinski definition) is 1. The number of rotatable bonds is 3. The van der Waals surface area contributed by atoms with E-state index in [1.54, 1.807) is 7.11 Å². The second-order valence-corrected chi connectivity index (χ2v) is 2.69. The molecule has 3 heteroatoms. The number of para-hydroxylation sites is 2. The minimum Gasteiger partial charge on any atom is -0.495 e. The van der Waals surface area contributed by atoms with Crippen LogP contribution in [0.25, 0.3) is 0 Å². The van der Waals surface area contributed by atoms with Gasteiger partial charge in [-0.05, 0) is 12.1 Å². The SMILES string of the molecule is C=C(Cl)Nc1ccccc1OC. The first kappa shape index (κ1) is 8.94. The van der Waals surface area contributed by atoms with Crippen molar-refractivity contribution in [3.8, 4) is 5.75 Å². The summed E-state index contributed by atoms with van der Waals surface area (Å²) >= 11 is 5.58. The fourth-order valence-corrected chi connectivity index (χ4v) is 0.996. The maximum Gasteiger partial charge on any atom is 0.142 e.